The van der Waals surface area contributed by atoms with E-state index in [1.54, 1.807) is 12.3 Å². The maximum Gasteiger partial charge on any atom is 0.289 e. The molecular weight excluding hydrogens is 240 g/mol. The second-order valence-corrected chi connectivity index (χ2v) is 5.47. The predicted molar refractivity (Wildman–Crippen MR) is 74.0 cm³/mol. The van der Waals surface area contributed by atoms with E-state index in [1.165, 1.54) is 0 Å². The minimum absolute atomic E-state index is 0.143. The normalized spacial score (nSPS) is 19.1. The third-order valence-corrected chi connectivity index (χ3v) is 3.82. The molecule has 0 radical (unpaired) electrons. The number of carbonyl (C=O) groups excluding carboxylic acids is 1. The van der Waals surface area contributed by atoms with Gasteiger partial charge in [-0.05, 0) is 39.3 Å². The molecule has 1 aromatic heterocycles. The van der Waals surface area contributed by atoms with Crippen LogP contribution in [0.25, 0.3) is 0 Å². The van der Waals surface area contributed by atoms with Gasteiger partial charge in [-0.3, -0.25) is 4.79 Å². The molecule has 0 atom stereocenters. The summed E-state index contributed by atoms with van der Waals surface area (Å²) >= 11 is 0. The zero-order valence-corrected chi connectivity index (χ0v) is 11.9. The second kappa shape index (κ2) is 5.65. The fourth-order valence-electron chi connectivity index (χ4n) is 2.38. The Kier molecular flexibility index (Phi) is 4.14. The summed E-state index contributed by atoms with van der Waals surface area (Å²) in [6.07, 6.45) is 3.57. The number of hydrogen-bond acceptors (Lipinski definition) is 4. The number of carbonyl (C=O) groups is 1. The lowest BCUT2D eigenvalue weighted by molar-refractivity contribution is 0.0828. The quantitative estimate of drug-likeness (QED) is 0.894. The minimum atomic E-state index is -0.170. The number of rotatable bonds is 3. The largest absolute Gasteiger partial charge is 0.344 e. The summed E-state index contributed by atoms with van der Waals surface area (Å²) in [6.45, 7) is 9.27. The summed E-state index contributed by atoms with van der Waals surface area (Å²) in [5.74, 6) is 0.0929. The van der Waals surface area contributed by atoms with Gasteiger partial charge >= 0.3 is 0 Å². The third kappa shape index (κ3) is 3.50. The highest BCUT2D eigenvalue weighted by atomic mass is 16.2. The fourth-order valence-corrected chi connectivity index (χ4v) is 2.38. The smallest absolute Gasteiger partial charge is 0.289 e. The van der Waals surface area contributed by atoms with Crippen LogP contribution in [0.5, 0.6) is 0 Å². The number of aryl methyl sites for hydroxylation is 1. The van der Waals surface area contributed by atoms with Crippen molar-refractivity contribution in [1.29, 1.82) is 0 Å². The molecule has 2 heterocycles. The van der Waals surface area contributed by atoms with Crippen molar-refractivity contribution in [3.8, 4) is 0 Å². The first kappa shape index (κ1) is 13.9. The molecule has 0 spiro atoms. The monoisotopic (exact) mass is 262 g/mol. The van der Waals surface area contributed by atoms with Crippen molar-refractivity contribution in [3.63, 3.8) is 0 Å². The van der Waals surface area contributed by atoms with Crippen molar-refractivity contribution in [2.45, 2.75) is 39.2 Å². The second-order valence-electron chi connectivity index (χ2n) is 5.47. The van der Waals surface area contributed by atoms with Crippen molar-refractivity contribution < 1.29 is 4.79 Å². The highest BCUT2D eigenvalue weighted by molar-refractivity contribution is 5.90. The Balaban J connectivity index is 1.99. The van der Waals surface area contributed by atoms with Crippen LogP contribution in [0.2, 0.25) is 0 Å². The number of piperidine rings is 1. The van der Waals surface area contributed by atoms with Crippen LogP contribution in [-0.4, -0.2) is 45.9 Å². The van der Waals surface area contributed by atoms with E-state index >= 15 is 0 Å². The third-order valence-electron chi connectivity index (χ3n) is 3.82. The molecule has 104 valence electrons. The van der Waals surface area contributed by atoms with Crippen molar-refractivity contribution in [3.05, 3.63) is 23.8 Å². The van der Waals surface area contributed by atoms with Crippen LogP contribution < -0.4 is 5.32 Å². The SMILES string of the molecule is CCN1CCC(C)(NC(=O)c2nccc(C)n2)CC1. The average molecular weight is 262 g/mol. The molecule has 0 saturated carbocycles. The first-order valence-electron chi connectivity index (χ1n) is 6.87. The van der Waals surface area contributed by atoms with Crippen LogP contribution in [0, 0.1) is 6.92 Å². The summed E-state index contributed by atoms with van der Waals surface area (Å²) in [6, 6.07) is 1.79. The number of nitrogens with one attached hydrogen (secondary N) is 1. The van der Waals surface area contributed by atoms with E-state index < -0.39 is 0 Å². The molecule has 1 N–H and O–H groups in total. The van der Waals surface area contributed by atoms with Crippen LogP contribution >= 0.6 is 0 Å². The van der Waals surface area contributed by atoms with Crippen molar-refractivity contribution in [1.82, 2.24) is 20.2 Å². The van der Waals surface area contributed by atoms with Gasteiger partial charge in [0.05, 0.1) is 0 Å². The molecular formula is C14H22N4O. The van der Waals surface area contributed by atoms with Crippen LogP contribution in [0.1, 0.15) is 43.0 Å². The fraction of sp³-hybridized carbons (Fsp3) is 0.643. The first-order valence-corrected chi connectivity index (χ1v) is 6.87. The van der Waals surface area contributed by atoms with Gasteiger partial charge in [-0.15, -0.1) is 0 Å². The molecule has 2 rings (SSSR count). The van der Waals surface area contributed by atoms with E-state index in [2.05, 4.69) is 34.0 Å². The molecule has 1 aromatic rings. The number of nitrogens with zero attached hydrogens (tertiary/aromatic N) is 3. The van der Waals surface area contributed by atoms with Gasteiger partial charge in [-0.25, -0.2) is 9.97 Å². The lowest BCUT2D eigenvalue weighted by Crippen LogP contribution is -2.53. The van der Waals surface area contributed by atoms with Gasteiger partial charge in [-0.1, -0.05) is 6.92 Å². The molecule has 0 aliphatic carbocycles. The Bertz CT molecular complexity index is 453. The van der Waals surface area contributed by atoms with E-state index in [4.69, 9.17) is 0 Å². The van der Waals surface area contributed by atoms with Gasteiger partial charge in [0.1, 0.15) is 0 Å². The standard InChI is InChI=1S/C14H22N4O/c1-4-18-9-6-14(3,7-10-18)17-13(19)12-15-8-5-11(2)16-12/h5,8H,4,6-7,9-10H2,1-3H3,(H,17,19). The molecule has 1 aliphatic heterocycles. The molecule has 1 aliphatic rings. The Morgan fingerprint density at radius 3 is 2.74 bits per heavy atom. The van der Waals surface area contributed by atoms with E-state index in [0.717, 1.165) is 38.2 Å². The Morgan fingerprint density at radius 2 is 2.16 bits per heavy atom. The molecule has 19 heavy (non-hydrogen) atoms. The van der Waals surface area contributed by atoms with Crippen molar-refractivity contribution in [2.75, 3.05) is 19.6 Å². The minimum Gasteiger partial charge on any atom is -0.344 e. The van der Waals surface area contributed by atoms with Crippen LogP contribution in [-0.2, 0) is 0 Å². The topological polar surface area (TPSA) is 58.1 Å². The summed E-state index contributed by atoms with van der Waals surface area (Å²) in [5, 5.41) is 3.09. The first-order chi connectivity index (χ1) is 9.02. The van der Waals surface area contributed by atoms with Gasteiger partial charge in [0.15, 0.2) is 0 Å². The molecule has 1 fully saturated rings. The number of likely N-dealkylation sites (tertiary alicyclic amines) is 1. The maximum absolute atomic E-state index is 12.2. The Hall–Kier alpha value is -1.49. The van der Waals surface area contributed by atoms with Gasteiger partial charge < -0.3 is 10.2 Å². The van der Waals surface area contributed by atoms with E-state index in [1.807, 2.05) is 6.92 Å². The predicted octanol–water partition coefficient (Wildman–Crippen LogP) is 1.39. The highest BCUT2D eigenvalue weighted by Crippen LogP contribution is 2.21. The van der Waals surface area contributed by atoms with Crippen LogP contribution in [0.4, 0.5) is 0 Å². The molecule has 0 unspecified atom stereocenters. The van der Waals surface area contributed by atoms with Crippen molar-refractivity contribution >= 4 is 5.91 Å². The number of hydrogen-bond donors (Lipinski definition) is 1. The van der Waals surface area contributed by atoms with Gasteiger partial charge in [-0.2, -0.15) is 0 Å². The Morgan fingerprint density at radius 1 is 1.47 bits per heavy atom. The molecule has 0 aromatic carbocycles. The summed E-state index contributed by atoms with van der Waals surface area (Å²) < 4.78 is 0. The van der Waals surface area contributed by atoms with E-state index in [0.29, 0.717) is 0 Å². The molecule has 5 heteroatoms. The summed E-state index contributed by atoms with van der Waals surface area (Å²) in [7, 11) is 0. The maximum atomic E-state index is 12.2. The molecule has 0 bridgehead atoms. The molecule has 5 nitrogen and oxygen atoms in total. The lowest BCUT2D eigenvalue weighted by Gasteiger charge is -2.39. The highest BCUT2D eigenvalue weighted by Gasteiger charge is 2.31. The Labute approximate surface area is 114 Å². The number of amides is 1. The van der Waals surface area contributed by atoms with E-state index in [9.17, 15) is 4.79 Å². The van der Waals surface area contributed by atoms with Crippen LogP contribution in [0.3, 0.4) is 0 Å². The van der Waals surface area contributed by atoms with Crippen molar-refractivity contribution in [2.24, 2.45) is 0 Å². The molecule has 1 saturated heterocycles. The zero-order chi connectivity index (χ0) is 13.9. The number of aromatic nitrogens is 2. The summed E-state index contributed by atoms with van der Waals surface area (Å²) in [4.78, 5) is 22.8. The summed E-state index contributed by atoms with van der Waals surface area (Å²) in [5.41, 5.74) is 0.668. The van der Waals surface area contributed by atoms with Gasteiger partial charge in [0, 0.05) is 30.5 Å². The molecule has 1 amide bonds. The van der Waals surface area contributed by atoms with Crippen LogP contribution in [0.15, 0.2) is 12.3 Å². The average Bonchev–Trinajstić information content (AvgIpc) is 2.39. The van der Waals surface area contributed by atoms with E-state index in [-0.39, 0.29) is 17.3 Å². The lowest BCUT2D eigenvalue weighted by atomic mass is 9.89. The van der Waals surface area contributed by atoms with Gasteiger partial charge in [0.25, 0.3) is 5.91 Å². The zero-order valence-electron chi connectivity index (χ0n) is 11.9. The van der Waals surface area contributed by atoms with Gasteiger partial charge in [0.2, 0.25) is 5.82 Å².